The van der Waals surface area contributed by atoms with Crippen LogP contribution < -0.4 is 14.2 Å². The average molecular weight is 514 g/mol. The molecule has 0 unspecified atom stereocenters. The molecule has 0 aliphatic rings. The largest absolute Gasteiger partial charge is 0.493 e. The minimum absolute atomic E-state index is 0.0909. The molecule has 0 aliphatic heterocycles. The van der Waals surface area contributed by atoms with Gasteiger partial charge >= 0.3 is 5.92 Å². The number of halogens is 3. The summed E-state index contributed by atoms with van der Waals surface area (Å²) in [6.07, 6.45) is 1.35. The van der Waals surface area contributed by atoms with Crippen LogP contribution in [0.15, 0.2) is 36.7 Å². The lowest BCUT2D eigenvalue weighted by atomic mass is 9.92. The van der Waals surface area contributed by atoms with E-state index < -0.39 is 22.9 Å². The zero-order valence-electron chi connectivity index (χ0n) is 19.6. The van der Waals surface area contributed by atoms with Crippen molar-refractivity contribution in [2.45, 2.75) is 32.0 Å². The molecule has 190 valence electrons. The van der Waals surface area contributed by atoms with Crippen LogP contribution in [0.25, 0.3) is 10.9 Å². The van der Waals surface area contributed by atoms with Crippen LogP contribution >= 0.6 is 12.2 Å². The molecular weight excluding hydrogens is 487 g/mol. The van der Waals surface area contributed by atoms with Gasteiger partial charge < -0.3 is 19.3 Å². The van der Waals surface area contributed by atoms with Gasteiger partial charge in [0, 0.05) is 24.1 Å². The normalized spacial score (nSPS) is 12.1. The molecule has 0 atom stereocenters. The lowest BCUT2D eigenvalue weighted by Crippen LogP contribution is -2.41. The Balaban J connectivity index is 1.72. The predicted octanol–water partition coefficient (Wildman–Crippen LogP) is 4.86. The Labute approximate surface area is 205 Å². The Morgan fingerprint density at radius 3 is 2.54 bits per heavy atom. The van der Waals surface area contributed by atoms with E-state index in [9.17, 15) is 18.3 Å². The first-order valence-corrected chi connectivity index (χ1v) is 11.2. The number of anilines is 1. The summed E-state index contributed by atoms with van der Waals surface area (Å²) in [5, 5.41) is 10.4. The molecule has 8 nitrogen and oxygen atoms in total. The summed E-state index contributed by atoms with van der Waals surface area (Å²) in [6, 6.07) is 6.95. The van der Waals surface area contributed by atoms with Crippen molar-refractivity contribution < 1.29 is 36.7 Å². The third-order valence-corrected chi connectivity index (χ3v) is 5.58. The van der Waals surface area contributed by atoms with Crippen molar-refractivity contribution in [1.29, 1.82) is 0 Å². The summed E-state index contributed by atoms with van der Waals surface area (Å²) in [5.41, 5.74) is -2.86. The number of hydrogen-bond donors (Lipinski definition) is 2. The summed E-state index contributed by atoms with van der Waals surface area (Å²) in [4.78, 5) is 8.42. The van der Waals surface area contributed by atoms with Crippen molar-refractivity contribution in [2.75, 3.05) is 32.2 Å². The van der Waals surface area contributed by atoms with Gasteiger partial charge in [-0.05, 0) is 26.0 Å². The fraction of sp³-hybridized carbons (Fsp3) is 0.391. The number of rotatable bonds is 12. The number of ether oxygens (including phenoxy) is 3. The Morgan fingerprint density at radius 2 is 1.86 bits per heavy atom. The summed E-state index contributed by atoms with van der Waals surface area (Å²) < 4.78 is 68.0. The van der Waals surface area contributed by atoms with Crippen molar-refractivity contribution in [3.63, 3.8) is 0 Å². The smallest absolute Gasteiger partial charge is 0.303 e. The fourth-order valence-electron chi connectivity index (χ4n) is 3.08. The van der Waals surface area contributed by atoms with Gasteiger partial charge in [0.15, 0.2) is 11.5 Å². The molecule has 0 fully saturated rings. The van der Waals surface area contributed by atoms with Crippen LogP contribution in [0.5, 0.6) is 11.5 Å². The number of nitrogens with zero attached hydrogens (tertiary/aromatic N) is 2. The molecule has 0 radical (unpaired) electrons. The van der Waals surface area contributed by atoms with Crippen molar-refractivity contribution >= 4 is 28.9 Å². The number of alkyl halides is 2. The van der Waals surface area contributed by atoms with Gasteiger partial charge in [-0.15, -0.1) is 0 Å². The average Bonchev–Trinajstić information content (AvgIpc) is 2.81. The second kappa shape index (κ2) is 11.3. The second-order valence-electron chi connectivity index (χ2n) is 7.94. The molecule has 1 heterocycles. The standard InChI is InChI=1S/C23H26F3N3O5S/c1-22(2,30)23(25,26)16-7-5-6-14(20(16)24)12-34-35-29-21-15-10-19(33-9-8-31-3)18(32-4)11-17(15)27-13-28-21/h5-7,10-11,13,30H,8-9,12H2,1-4H3,(H,27,28,29). The van der Waals surface area contributed by atoms with Crippen molar-refractivity contribution in [3.8, 4) is 11.5 Å². The molecule has 0 bridgehead atoms. The minimum atomic E-state index is -3.79. The van der Waals surface area contributed by atoms with Gasteiger partial charge in [0.1, 0.15) is 42.4 Å². The van der Waals surface area contributed by atoms with Crippen molar-refractivity contribution in [2.24, 2.45) is 0 Å². The van der Waals surface area contributed by atoms with Gasteiger partial charge in [0.2, 0.25) is 0 Å². The van der Waals surface area contributed by atoms with Crippen LogP contribution in [0.3, 0.4) is 0 Å². The quantitative estimate of drug-likeness (QED) is 0.200. The SMILES string of the molecule is COCCOc1cc2c(NSOCc3cccc(C(F)(F)C(C)(C)O)c3F)ncnc2cc1OC. The highest BCUT2D eigenvalue weighted by Gasteiger charge is 2.49. The molecule has 2 N–H and O–H groups in total. The zero-order chi connectivity index (χ0) is 25.6. The number of nitrogens with one attached hydrogen (secondary N) is 1. The van der Waals surface area contributed by atoms with E-state index in [1.165, 1.54) is 25.6 Å². The van der Waals surface area contributed by atoms with Crippen molar-refractivity contribution in [3.05, 3.63) is 53.6 Å². The Hall–Kier alpha value is -2.80. The molecule has 0 amide bonds. The van der Waals surface area contributed by atoms with Crippen LogP contribution in [0, 0.1) is 5.82 Å². The van der Waals surface area contributed by atoms with E-state index in [2.05, 4.69) is 14.7 Å². The topological polar surface area (TPSA) is 95.0 Å². The number of fused-ring (bicyclic) bond motifs is 1. The summed E-state index contributed by atoms with van der Waals surface area (Å²) in [6.45, 7) is 2.22. The highest BCUT2D eigenvalue weighted by atomic mass is 32.2. The molecule has 0 saturated carbocycles. The lowest BCUT2D eigenvalue weighted by Gasteiger charge is -2.29. The Kier molecular flexibility index (Phi) is 8.65. The molecule has 1 aromatic heterocycles. The second-order valence-corrected chi connectivity index (χ2v) is 8.55. The molecule has 35 heavy (non-hydrogen) atoms. The first-order valence-electron chi connectivity index (χ1n) is 10.5. The van der Waals surface area contributed by atoms with Gasteiger partial charge in [0.05, 0.1) is 31.4 Å². The number of methoxy groups -OCH3 is 2. The van der Waals surface area contributed by atoms with Gasteiger partial charge in [-0.25, -0.2) is 14.4 Å². The summed E-state index contributed by atoms with van der Waals surface area (Å²) >= 11 is 0.745. The number of benzene rings is 2. The molecule has 0 aliphatic carbocycles. The molecule has 2 aromatic carbocycles. The van der Waals surface area contributed by atoms with Crippen LogP contribution in [0.2, 0.25) is 0 Å². The van der Waals surface area contributed by atoms with E-state index in [1.807, 2.05) is 0 Å². The maximum atomic E-state index is 14.7. The summed E-state index contributed by atoms with van der Waals surface area (Å²) in [5.74, 6) is -3.59. The monoisotopic (exact) mass is 513 g/mol. The maximum Gasteiger partial charge on any atom is 0.303 e. The third kappa shape index (κ3) is 6.07. The zero-order valence-corrected chi connectivity index (χ0v) is 20.4. The van der Waals surface area contributed by atoms with Gasteiger partial charge in [-0.1, -0.05) is 12.1 Å². The molecule has 12 heteroatoms. The number of hydrogen-bond acceptors (Lipinski definition) is 9. The minimum Gasteiger partial charge on any atom is -0.493 e. The molecular formula is C23H26F3N3O5S. The maximum absolute atomic E-state index is 14.7. The Morgan fingerprint density at radius 1 is 1.09 bits per heavy atom. The van der Waals surface area contributed by atoms with Crippen LogP contribution in [-0.4, -0.2) is 48.1 Å². The third-order valence-electron chi connectivity index (χ3n) is 5.06. The number of aromatic nitrogens is 2. The molecule has 3 aromatic rings. The van der Waals surface area contributed by atoms with Gasteiger partial charge in [-0.3, -0.25) is 8.91 Å². The van der Waals surface area contributed by atoms with E-state index >= 15 is 0 Å². The predicted molar refractivity (Wildman–Crippen MR) is 126 cm³/mol. The highest BCUT2D eigenvalue weighted by molar-refractivity contribution is 7.96. The van der Waals surface area contributed by atoms with Crippen molar-refractivity contribution in [1.82, 2.24) is 9.97 Å². The fourth-order valence-corrected chi connectivity index (χ4v) is 3.56. The molecule has 3 rings (SSSR count). The van der Waals surface area contributed by atoms with E-state index in [0.29, 0.717) is 41.4 Å². The van der Waals surface area contributed by atoms with Gasteiger partial charge in [-0.2, -0.15) is 8.78 Å². The highest BCUT2D eigenvalue weighted by Crippen LogP contribution is 2.40. The Bertz CT molecular complexity index is 1160. The first kappa shape index (κ1) is 26.8. The van der Waals surface area contributed by atoms with Crippen LogP contribution in [0.4, 0.5) is 19.0 Å². The van der Waals surface area contributed by atoms with Crippen LogP contribution in [0.1, 0.15) is 25.0 Å². The van der Waals surface area contributed by atoms with E-state index in [0.717, 1.165) is 32.1 Å². The van der Waals surface area contributed by atoms with E-state index in [4.69, 9.17) is 18.4 Å². The number of aliphatic hydroxyl groups is 1. The molecule has 0 saturated heterocycles. The molecule has 0 spiro atoms. The summed E-state index contributed by atoms with van der Waals surface area (Å²) in [7, 11) is 3.08. The first-order chi connectivity index (χ1) is 16.6. The van der Waals surface area contributed by atoms with Crippen LogP contribution in [-0.2, 0) is 21.4 Å². The van der Waals surface area contributed by atoms with E-state index in [-0.39, 0.29) is 12.2 Å². The lowest BCUT2D eigenvalue weighted by molar-refractivity contribution is -0.170. The van der Waals surface area contributed by atoms with E-state index in [1.54, 1.807) is 19.2 Å². The van der Waals surface area contributed by atoms with Gasteiger partial charge in [0.25, 0.3) is 0 Å².